The summed E-state index contributed by atoms with van der Waals surface area (Å²) in [7, 11) is -4.09. The van der Waals surface area contributed by atoms with Crippen molar-refractivity contribution in [2.45, 2.75) is 23.0 Å². The minimum absolute atomic E-state index is 0.122. The van der Waals surface area contributed by atoms with E-state index < -0.39 is 39.7 Å². The molecule has 116 valence electrons. The van der Waals surface area contributed by atoms with Gasteiger partial charge in [0.1, 0.15) is 5.25 Å². The van der Waals surface area contributed by atoms with E-state index in [4.69, 9.17) is 10.4 Å². The summed E-state index contributed by atoms with van der Waals surface area (Å²) in [4.78, 5) is 22.4. The smallest absolute Gasteiger partial charge is 0.262 e. The van der Waals surface area contributed by atoms with Gasteiger partial charge < -0.3 is 0 Å². The van der Waals surface area contributed by atoms with Crippen LogP contribution in [0.15, 0.2) is 33.6 Å². The van der Waals surface area contributed by atoms with Gasteiger partial charge in [0.05, 0.1) is 4.90 Å². The molecule has 10 heteroatoms. The van der Waals surface area contributed by atoms with Crippen molar-refractivity contribution in [3.63, 3.8) is 0 Å². The lowest BCUT2D eigenvalue weighted by molar-refractivity contribution is -0.130. The fraction of sp³-hybridized carbons (Fsp3) is 0.273. The van der Waals surface area contributed by atoms with Crippen LogP contribution in [0, 0.1) is 0 Å². The Morgan fingerprint density at radius 1 is 1.14 bits per heavy atom. The number of hydroxylamine groups is 2. The van der Waals surface area contributed by atoms with Crippen molar-refractivity contribution in [2.24, 2.45) is 0 Å². The summed E-state index contributed by atoms with van der Waals surface area (Å²) in [5.74, 6) is -1.99. The van der Waals surface area contributed by atoms with Gasteiger partial charge in [-0.05, 0) is 30.7 Å². The number of halogens is 1. The van der Waals surface area contributed by atoms with Crippen molar-refractivity contribution in [1.29, 1.82) is 0 Å². The molecule has 0 aliphatic rings. The molecule has 0 spiro atoms. The molecule has 0 radical (unpaired) electrons. The molecule has 21 heavy (non-hydrogen) atoms. The van der Waals surface area contributed by atoms with Crippen molar-refractivity contribution < 1.29 is 28.4 Å². The summed E-state index contributed by atoms with van der Waals surface area (Å²) in [6, 6.07) is 5.56. The highest BCUT2D eigenvalue weighted by atomic mass is 79.9. The molecule has 0 fully saturated rings. The normalized spacial score (nSPS) is 12.5. The first-order valence-corrected chi connectivity index (χ1v) is 8.03. The number of benzene rings is 1. The van der Waals surface area contributed by atoms with Crippen LogP contribution in [0.2, 0.25) is 0 Å². The zero-order valence-corrected chi connectivity index (χ0v) is 13.0. The second-order valence-electron chi connectivity index (χ2n) is 4.04. The number of rotatable bonds is 6. The van der Waals surface area contributed by atoms with E-state index in [-0.39, 0.29) is 4.90 Å². The first-order chi connectivity index (χ1) is 9.82. The van der Waals surface area contributed by atoms with Gasteiger partial charge in [-0.1, -0.05) is 15.9 Å². The van der Waals surface area contributed by atoms with Gasteiger partial charge in [-0.15, -0.1) is 0 Å². The van der Waals surface area contributed by atoms with Gasteiger partial charge in [0, 0.05) is 10.9 Å². The quantitative estimate of drug-likeness (QED) is 0.416. The summed E-state index contributed by atoms with van der Waals surface area (Å²) >= 11 is 3.16. The zero-order chi connectivity index (χ0) is 16.0. The number of carbonyl (C=O) groups excluding carboxylic acids is 2. The summed E-state index contributed by atoms with van der Waals surface area (Å²) < 4.78 is 25.4. The highest BCUT2D eigenvalue weighted by molar-refractivity contribution is 9.10. The van der Waals surface area contributed by atoms with Gasteiger partial charge in [-0.2, -0.15) is 0 Å². The molecule has 1 unspecified atom stereocenters. The van der Waals surface area contributed by atoms with Crippen molar-refractivity contribution in [3.8, 4) is 0 Å². The third-order valence-corrected chi connectivity index (χ3v) is 5.33. The van der Waals surface area contributed by atoms with Crippen LogP contribution in [-0.4, -0.2) is 35.9 Å². The van der Waals surface area contributed by atoms with E-state index in [1.165, 1.54) is 35.2 Å². The van der Waals surface area contributed by atoms with Crippen LogP contribution in [-0.2, 0) is 19.4 Å². The number of nitrogens with one attached hydrogen (secondary N) is 2. The Balaban J connectivity index is 3.08. The largest absolute Gasteiger partial charge is 0.289 e. The van der Waals surface area contributed by atoms with Gasteiger partial charge in [-0.3, -0.25) is 20.0 Å². The highest BCUT2D eigenvalue weighted by Crippen LogP contribution is 2.22. The van der Waals surface area contributed by atoms with Crippen molar-refractivity contribution in [1.82, 2.24) is 11.0 Å². The Labute approximate surface area is 129 Å². The fourth-order valence-electron chi connectivity index (χ4n) is 1.61. The average molecular weight is 381 g/mol. The third-order valence-electron chi connectivity index (χ3n) is 2.68. The molecule has 0 aliphatic heterocycles. The first kappa shape index (κ1) is 17.6. The molecule has 1 aromatic carbocycles. The summed E-state index contributed by atoms with van der Waals surface area (Å²) in [6.45, 7) is 0. The molecular formula is C11H13BrN2O6S. The van der Waals surface area contributed by atoms with Crippen molar-refractivity contribution in [3.05, 3.63) is 28.7 Å². The molecule has 1 atom stereocenters. The predicted molar refractivity (Wildman–Crippen MR) is 74.2 cm³/mol. The monoisotopic (exact) mass is 380 g/mol. The van der Waals surface area contributed by atoms with Gasteiger partial charge in [-0.25, -0.2) is 19.4 Å². The van der Waals surface area contributed by atoms with E-state index in [9.17, 15) is 18.0 Å². The van der Waals surface area contributed by atoms with E-state index in [2.05, 4.69) is 15.9 Å². The molecule has 4 N–H and O–H groups in total. The Bertz CT molecular complexity index is 616. The van der Waals surface area contributed by atoms with E-state index in [1.807, 2.05) is 0 Å². The summed E-state index contributed by atoms with van der Waals surface area (Å²) in [5, 5.41) is 15.4. The van der Waals surface area contributed by atoms with Gasteiger partial charge in [0.15, 0.2) is 9.84 Å². The van der Waals surface area contributed by atoms with E-state index in [0.717, 1.165) is 0 Å². The molecular weight excluding hydrogens is 368 g/mol. The zero-order valence-electron chi connectivity index (χ0n) is 10.6. The van der Waals surface area contributed by atoms with Crippen LogP contribution in [0.3, 0.4) is 0 Å². The van der Waals surface area contributed by atoms with Crippen LogP contribution in [0.1, 0.15) is 12.8 Å². The lowest BCUT2D eigenvalue weighted by atomic mass is 10.2. The van der Waals surface area contributed by atoms with Crippen molar-refractivity contribution in [2.75, 3.05) is 0 Å². The summed E-state index contributed by atoms with van der Waals surface area (Å²) in [5.41, 5.74) is 2.61. The van der Waals surface area contributed by atoms with Crippen molar-refractivity contribution >= 4 is 37.6 Å². The molecule has 0 aliphatic carbocycles. The number of sulfone groups is 1. The minimum Gasteiger partial charge on any atom is -0.289 e. The number of hydrogen-bond acceptors (Lipinski definition) is 6. The number of amides is 2. The molecule has 0 bridgehead atoms. The summed E-state index contributed by atoms with van der Waals surface area (Å²) in [6.07, 6.45) is -0.790. The minimum atomic E-state index is -4.09. The first-order valence-electron chi connectivity index (χ1n) is 5.69. The van der Waals surface area contributed by atoms with E-state index in [0.29, 0.717) is 4.47 Å². The topological polar surface area (TPSA) is 133 Å². The highest BCUT2D eigenvalue weighted by Gasteiger charge is 2.34. The SMILES string of the molecule is O=C(CCC(C(=O)NO)S(=O)(=O)c1ccc(Br)cc1)NO. The Hall–Kier alpha value is -1.49. The molecule has 0 heterocycles. The number of carbonyl (C=O) groups is 2. The number of hydrogen-bond donors (Lipinski definition) is 4. The maximum atomic E-state index is 12.4. The Kier molecular flexibility index (Phi) is 6.27. The van der Waals surface area contributed by atoms with Crippen LogP contribution in [0.25, 0.3) is 0 Å². The molecule has 1 rings (SSSR count). The maximum absolute atomic E-state index is 12.4. The molecule has 8 nitrogen and oxygen atoms in total. The van der Waals surface area contributed by atoms with E-state index >= 15 is 0 Å². The molecule has 1 aromatic rings. The maximum Gasteiger partial charge on any atom is 0.262 e. The average Bonchev–Trinajstić information content (AvgIpc) is 2.46. The second-order valence-corrected chi connectivity index (χ2v) is 7.08. The lowest BCUT2D eigenvalue weighted by Gasteiger charge is -2.15. The Morgan fingerprint density at radius 3 is 2.19 bits per heavy atom. The van der Waals surface area contributed by atoms with Crippen LogP contribution in [0.4, 0.5) is 0 Å². The molecule has 0 aromatic heterocycles. The van der Waals surface area contributed by atoms with Gasteiger partial charge in [0.2, 0.25) is 5.91 Å². The standard InChI is InChI=1S/C11H13BrN2O6S/c12-7-1-3-8(4-2-7)21(19,20)9(11(16)14-18)5-6-10(15)13-17/h1-4,9,17-18H,5-6H2,(H,13,15)(H,14,16). The third kappa shape index (κ3) is 4.49. The lowest BCUT2D eigenvalue weighted by Crippen LogP contribution is -2.39. The fourth-order valence-corrected chi connectivity index (χ4v) is 3.48. The van der Waals surface area contributed by atoms with Crippen LogP contribution < -0.4 is 11.0 Å². The molecule has 0 saturated heterocycles. The molecule has 0 saturated carbocycles. The van der Waals surface area contributed by atoms with Crippen LogP contribution in [0.5, 0.6) is 0 Å². The van der Waals surface area contributed by atoms with Crippen LogP contribution >= 0.6 is 15.9 Å². The second kappa shape index (κ2) is 7.50. The Morgan fingerprint density at radius 2 is 1.71 bits per heavy atom. The van der Waals surface area contributed by atoms with Gasteiger partial charge >= 0.3 is 0 Å². The van der Waals surface area contributed by atoms with E-state index in [1.54, 1.807) is 0 Å². The predicted octanol–water partition coefficient (Wildman–Crippen LogP) is 0.382. The van der Waals surface area contributed by atoms with Gasteiger partial charge in [0.25, 0.3) is 5.91 Å². The molecule has 2 amide bonds.